The summed E-state index contributed by atoms with van der Waals surface area (Å²) in [4.78, 5) is 0. The Balaban J connectivity index is 1.47. The molecule has 0 saturated carbocycles. The van der Waals surface area contributed by atoms with Crippen LogP contribution in [-0.2, 0) is 8.99 Å². The van der Waals surface area contributed by atoms with E-state index in [1.807, 2.05) is 36.4 Å². The number of rotatable bonds is 10. The van der Waals surface area contributed by atoms with Gasteiger partial charge in [-0.15, -0.1) is 0 Å². The zero-order chi connectivity index (χ0) is 35.3. The molecule has 0 radical (unpaired) electrons. The maximum Gasteiger partial charge on any atom is 0.261 e. The van der Waals surface area contributed by atoms with Crippen molar-refractivity contribution in [2.45, 2.75) is 50.4 Å². The van der Waals surface area contributed by atoms with Crippen molar-refractivity contribution in [3.05, 3.63) is 193 Å². The van der Waals surface area contributed by atoms with Crippen LogP contribution in [0.25, 0.3) is 0 Å². The minimum absolute atomic E-state index is 0.153. The Hall–Kier alpha value is -4.10. The molecule has 5 heteroatoms. The van der Waals surface area contributed by atoms with Crippen LogP contribution in [0.1, 0.15) is 33.6 Å². The average molecular weight is 721 g/mol. The third kappa shape index (κ3) is 6.94. The van der Waals surface area contributed by atoms with Gasteiger partial charge in [-0.3, -0.25) is 0 Å². The van der Waals surface area contributed by atoms with Crippen molar-refractivity contribution in [2.75, 3.05) is 0 Å². The molecule has 7 rings (SSSR count). The zero-order valence-corrected chi connectivity index (χ0v) is 32.5. The Morgan fingerprint density at radius 3 is 1.31 bits per heavy atom. The molecule has 51 heavy (non-hydrogen) atoms. The van der Waals surface area contributed by atoms with Gasteiger partial charge in [-0.2, -0.15) is 0 Å². The summed E-state index contributed by atoms with van der Waals surface area (Å²) in [5.74, 6) is 0. The van der Waals surface area contributed by atoms with Gasteiger partial charge in [-0.1, -0.05) is 209 Å². The van der Waals surface area contributed by atoms with E-state index >= 15 is 4.57 Å². The minimum Gasteiger partial charge on any atom is -0.401 e. The topological polar surface area (TPSA) is 26.3 Å². The predicted molar refractivity (Wildman–Crippen MR) is 222 cm³/mol. The van der Waals surface area contributed by atoms with Gasteiger partial charge in [0.05, 0.1) is 6.10 Å². The van der Waals surface area contributed by atoms with Gasteiger partial charge in [0.15, 0.2) is 0 Å². The maximum atomic E-state index is 16.3. The average Bonchev–Trinajstić information content (AvgIpc) is 3.18. The first-order chi connectivity index (χ1) is 24.8. The van der Waals surface area contributed by atoms with Crippen LogP contribution in [0, 0.1) is 0 Å². The first-order valence-corrected chi connectivity index (χ1v) is 23.0. The van der Waals surface area contributed by atoms with Crippen molar-refractivity contribution in [3.63, 3.8) is 0 Å². The van der Waals surface area contributed by atoms with Crippen molar-refractivity contribution in [1.82, 2.24) is 0 Å². The summed E-state index contributed by atoms with van der Waals surface area (Å²) < 4.78 is 24.1. The van der Waals surface area contributed by atoms with Crippen LogP contribution in [0.3, 0.4) is 0 Å². The second kappa shape index (κ2) is 15.2. The minimum atomic E-state index is -3.17. The third-order valence-corrected chi connectivity index (χ3v) is 21.6. The summed E-state index contributed by atoms with van der Waals surface area (Å²) in [6.07, 6.45) is 3.82. The quantitative estimate of drug-likeness (QED) is 0.104. The van der Waals surface area contributed by atoms with Gasteiger partial charge < -0.3 is 8.99 Å². The maximum absolute atomic E-state index is 16.3. The molecule has 0 unspecified atom stereocenters. The summed E-state index contributed by atoms with van der Waals surface area (Å²) in [6, 6.07) is 64.0. The molecule has 6 aromatic carbocycles. The van der Waals surface area contributed by atoms with Gasteiger partial charge >= 0.3 is 0 Å². The van der Waals surface area contributed by atoms with Crippen LogP contribution < -0.4 is 31.6 Å². The van der Waals surface area contributed by atoms with Gasteiger partial charge in [0.1, 0.15) is 7.14 Å². The number of hydrogen-bond acceptors (Lipinski definition) is 2. The summed E-state index contributed by atoms with van der Waals surface area (Å²) in [7, 11) is -7.07. The molecular formula is C46H46O2P2Si. The van der Waals surface area contributed by atoms with E-state index in [2.05, 4.69) is 172 Å². The van der Waals surface area contributed by atoms with Crippen LogP contribution >= 0.6 is 15.1 Å². The third-order valence-electron chi connectivity index (χ3n) is 10.2. The number of hydrogen-bond donors (Lipinski definition) is 0. The van der Waals surface area contributed by atoms with Gasteiger partial charge in [0.25, 0.3) is 8.32 Å². The monoisotopic (exact) mass is 720 g/mol. The molecule has 0 aromatic heterocycles. The first-order valence-electron chi connectivity index (χ1n) is 17.9. The zero-order valence-electron chi connectivity index (χ0n) is 29.7. The van der Waals surface area contributed by atoms with Crippen LogP contribution in [0.15, 0.2) is 193 Å². The Morgan fingerprint density at radius 1 is 0.549 bits per heavy atom. The van der Waals surface area contributed by atoms with E-state index in [-0.39, 0.29) is 16.8 Å². The normalized spacial score (nSPS) is 16.8. The van der Waals surface area contributed by atoms with Crippen molar-refractivity contribution in [2.24, 2.45) is 0 Å². The van der Waals surface area contributed by atoms with Crippen LogP contribution in [0.4, 0.5) is 0 Å². The van der Waals surface area contributed by atoms with Gasteiger partial charge in [-0.25, -0.2) is 0 Å². The molecule has 2 atom stereocenters. The first kappa shape index (κ1) is 35.3. The Bertz CT molecular complexity index is 1960. The van der Waals surface area contributed by atoms with E-state index in [0.29, 0.717) is 0 Å². The molecule has 0 fully saturated rings. The highest BCUT2D eigenvalue weighted by Crippen LogP contribution is 2.62. The summed E-state index contributed by atoms with van der Waals surface area (Å²) in [6.45, 7) is 7.03. The molecule has 0 heterocycles. The van der Waals surface area contributed by atoms with Crippen LogP contribution in [0.5, 0.6) is 0 Å². The lowest BCUT2D eigenvalue weighted by Crippen LogP contribution is -2.67. The molecule has 0 aliphatic heterocycles. The molecule has 0 amide bonds. The Kier molecular flexibility index (Phi) is 10.6. The summed E-state index contributed by atoms with van der Waals surface area (Å²) in [5.41, 5.74) is -0.187. The summed E-state index contributed by atoms with van der Waals surface area (Å²) in [5, 5.41) is 7.97. The Morgan fingerprint density at radius 2 is 0.922 bits per heavy atom. The highest BCUT2D eigenvalue weighted by molar-refractivity contribution is 7.82. The molecule has 0 spiro atoms. The number of allylic oxidation sites excluding steroid dienone is 1. The fourth-order valence-electron chi connectivity index (χ4n) is 7.87. The lowest BCUT2D eigenvalue weighted by atomic mass is 10.0. The van der Waals surface area contributed by atoms with Gasteiger partial charge in [0, 0.05) is 16.3 Å². The molecule has 6 aromatic rings. The standard InChI is InChI=1S/C46H46O2P2Si/c1-46(2,3)51(42-30-18-8-19-31-42,43-32-20-9-21-33-43)48-37-34-35-45(50(47,40-26-14-6-15-27-40)41-28-16-7-17-29-41)44(36-37)49(38-22-10-4-11-23-38)39-24-12-5-13-25-39/h4-33,36-37,45H,34-35H2,1-3H3/t37-,45+/m0/s1. The van der Waals surface area contributed by atoms with E-state index in [1.165, 1.54) is 26.3 Å². The van der Waals surface area contributed by atoms with Crippen molar-refractivity contribution in [3.8, 4) is 0 Å². The smallest absolute Gasteiger partial charge is 0.261 e. The molecule has 1 aliphatic rings. The van der Waals surface area contributed by atoms with Gasteiger partial charge in [-0.05, 0) is 52.1 Å². The lowest BCUT2D eigenvalue weighted by molar-refractivity contribution is 0.214. The van der Waals surface area contributed by atoms with E-state index in [4.69, 9.17) is 4.43 Å². The van der Waals surface area contributed by atoms with Crippen molar-refractivity contribution in [1.29, 1.82) is 0 Å². The van der Waals surface area contributed by atoms with E-state index in [0.717, 1.165) is 23.5 Å². The molecule has 256 valence electrons. The predicted octanol–water partition coefficient (Wildman–Crippen LogP) is 9.12. The fraction of sp³-hybridized carbons (Fsp3) is 0.174. The van der Waals surface area contributed by atoms with E-state index in [1.54, 1.807) is 0 Å². The Labute approximate surface area is 306 Å². The summed E-state index contributed by atoms with van der Waals surface area (Å²) >= 11 is 0. The molecule has 0 saturated heterocycles. The second-order valence-corrected chi connectivity index (χ2v) is 23.8. The highest BCUT2D eigenvalue weighted by Gasteiger charge is 2.52. The van der Waals surface area contributed by atoms with Crippen molar-refractivity contribution >= 4 is 55.0 Å². The molecule has 2 nitrogen and oxygen atoms in total. The van der Waals surface area contributed by atoms with Gasteiger partial charge in [0.2, 0.25) is 0 Å². The molecule has 0 bridgehead atoms. The molecular weight excluding hydrogens is 675 g/mol. The van der Waals surface area contributed by atoms with E-state index in [9.17, 15) is 0 Å². The SMILES string of the molecule is CC(C)(C)[Si](O[C@@H]1C=C(P(c2ccccc2)c2ccccc2)[C@H](P(=O)(c2ccccc2)c2ccccc2)CC1)(c1ccccc1)c1ccccc1. The second-order valence-electron chi connectivity index (χ2n) is 14.3. The molecule has 1 aliphatic carbocycles. The highest BCUT2D eigenvalue weighted by atomic mass is 31.2. The van der Waals surface area contributed by atoms with Crippen LogP contribution in [-0.4, -0.2) is 20.1 Å². The number of benzene rings is 6. The largest absolute Gasteiger partial charge is 0.401 e. The fourth-order valence-corrected chi connectivity index (χ4v) is 19.2. The molecule has 0 N–H and O–H groups in total. The van der Waals surface area contributed by atoms with Crippen molar-refractivity contribution < 1.29 is 8.99 Å². The van der Waals surface area contributed by atoms with Crippen LogP contribution in [0.2, 0.25) is 5.04 Å². The van der Waals surface area contributed by atoms with E-state index < -0.39 is 23.4 Å². The lowest BCUT2D eigenvalue weighted by Gasteiger charge is -2.46.